The van der Waals surface area contributed by atoms with Crippen molar-refractivity contribution in [2.24, 2.45) is 0 Å². The largest absolute Gasteiger partial charge is 0.394 e. The molecule has 1 amide bonds. The number of amides is 1. The zero-order chi connectivity index (χ0) is 59.5. The van der Waals surface area contributed by atoms with Gasteiger partial charge in [-0.2, -0.15) is 0 Å². The number of carbonyl (C=O) groups excluding carboxylic acids is 1. The van der Waals surface area contributed by atoms with E-state index in [1.165, 1.54) is 25.7 Å². The van der Waals surface area contributed by atoms with Crippen molar-refractivity contribution in [3.8, 4) is 0 Å². The first-order chi connectivity index (χ1) is 40.1. The molecule has 0 spiro atoms. The van der Waals surface area contributed by atoms with Crippen molar-refractivity contribution in [1.29, 1.82) is 0 Å². The Kier molecular flexibility index (Phi) is 46.3. The van der Waals surface area contributed by atoms with Gasteiger partial charge in [0.25, 0.3) is 0 Å². The van der Waals surface area contributed by atoms with Crippen molar-refractivity contribution in [3.05, 3.63) is 146 Å². The summed E-state index contributed by atoms with van der Waals surface area (Å²) in [6, 6.07) is -0.944. The molecular formula is C68H109NO13. The number of carbonyl (C=O) groups is 1. The fourth-order valence-electron chi connectivity index (χ4n) is 9.04. The normalized spacial score (nSPS) is 25.0. The highest BCUT2D eigenvalue weighted by Gasteiger charge is 2.51. The van der Waals surface area contributed by atoms with Gasteiger partial charge in [-0.1, -0.05) is 211 Å². The van der Waals surface area contributed by atoms with E-state index in [2.05, 4.69) is 153 Å². The molecule has 2 aliphatic rings. The van der Waals surface area contributed by atoms with Gasteiger partial charge in [-0.3, -0.25) is 4.79 Å². The zero-order valence-corrected chi connectivity index (χ0v) is 49.9. The third-order valence-corrected chi connectivity index (χ3v) is 14.0. The highest BCUT2D eigenvalue weighted by atomic mass is 16.7. The van der Waals surface area contributed by atoms with Crippen LogP contribution in [-0.4, -0.2) is 140 Å². The van der Waals surface area contributed by atoms with E-state index in [1.54, 1.807) is 6.08 Å². The number of allylic oxidation sites excluding steroid dienone is 23. The van der Waals surface area contributed by atoms with Crippen molar-refractivity contribution < 1.29 is 64.6 Å². The lowest BCUT2D eigenvalue weighted by atomic mass is 9.97. The van der Waals surface area contributed by atoms with E-state index in [0.29, 0.717) is 12.8 Å². The number of hydrogen-bond acceptors (Lipinski definition) is 13. The van der Waals surface area contributed by atoms with Crippen molar-refractivity contribution in [2.75, 3.05) is 19.8 Å². The van der Waals surface area contributed by atoms with Gasteiger partial charge in [-0.05, 0) is 109 Å². The molecular weight excluding hydrogens is 1040 g/mol. The van der Waals surface area contributed by atoms with E-state index < -0.39 is 86.8 Å². The molecule has 0 radical (unpaired) electrons. The smallest absolute Gasteiger partial charge is 0.220 e. The third-order valence-electron chi connectivity index (χ3n) is 14.0. The number of unbranched alkanes of at least 4 members (excludes halogenated alkanes) is 12. The van der Waals surface area contributed by atoms with Crippen LogP contribution in [0.2, 0.25) is 0 Å². The van der Waals surface area contributed by atoms with Gasteiger partial charge in [-0.25, -0.2) is 0 Å². The van der Waals surface area contributed by atoms with E-state index in [-0.39, 0.29) is 18.9 Å². The second-order valence-electron chi connectivity index (χ2n) is 21.1. The SMILES string of the molecule is CC/C=C\C/C=C\C/C=C\C/C=C\C/C=C\C/C=C\C/C=C\C/C=C\C/C=C\C/C=C\CCCCCCCCCCC(=O)NC(COC1OC(CO)C(OC2OC(CO)C(O)C(O)C2O)C(O)C1O)C(O)/C=C/CC/C=C/CCCCC. The molecule has 2 fully saturated rings. The lowest BCUT2D eigenvalue weighted by molar-refractivity contribution is -0.359. The maximum Gasteiger partial charge on any atom is 0.220 e. The summed E-state index contributed by atoms with van der Waals surface area (Å²) in [5.41, 5.74) is 0. The van der Waals surface area contributed by atoms with E-state index in [1.807, 2.05) is 6.08 Å². The number of rotatable bonds is 47. The Morgan fingerprint density at radius 1 is 0.451 bits per heavy atom. The van der Waals surface area contributed by atoms with Crippen molar-refractivity contribution >= 4 is 5.91 Å². The highest BCUT2D eigenvalue weighted by Crippen LogP contribution is 2.30. The highest BCUT2D eigenvalue weighted by molar-refractivity contribution is 5.76. The molecule has 2 rings (SSSR count). The molecule has 14 heteroatoms. The fourth-order valence-corrected chi connectivity index (χ4v) is 9.04. The quantitative estimate of drug-likeness (QED) is 0.0204. The van der Waals surface area contributed by atoms with Gasteiger partial charge in [0.05, 0.1) is 32.0 Å². The second-order valence-corrected chi connectivity index (χ2v) is 21.1. The number of hydrogen-bond donors (Lipinski definition) is 9. The van der Waals surface area contributed by atoms with E-state index in [0.717, 1.165) is 122 Å². The second kappa shape index (κ2) is 51.3. The molecule has 0 aliphatic carbocycles. The Labute approximate surface area is 493 Å². The van der Waals surface area contributed by atoms with Crippen LogP contribution in [0.3, 0.4) is 0 Å². The van der Waals surface area contributed by atoms with Crippen LogP contribution in [0.1, 0.15) is 181 Å². The Hall–Kier alpha value is -4.13. The molecule has 2 aliphatic heterocycles. The standard InChI is InChI=1S/C68H109NO13/c1-3-5-7-9-11-13-14-15-16-17-18-19-20-21-22-23-24-25-26-27-28-29-30-31-32-33-34-35-36-37-38-39-40-41-42-44-46-48-50-52-60(73)69-56(57(72)51-49-47-45-43-12-10-8-6-4-2)55-79-67-65(78)63(76)66(59(54-71)81-67)82-68-64(77)62(75)61(74)58(53-70)80-68/h5,7,11-13,15-16,18-19,21-22,24-25,27-28,30-31,33-34,36-37,43,49,51,56-59,61-68,70-72,74-78H,3-4,6,8-10,14,17,20,23,26,29,32,35,38-42,44-48,50,52-55H2,1-2H3,(H,69,73)/b7-5-,13-11-,16-15-,19-18-,22-21-,25-24-,28-27-,31-30-,34-33-,37-36-,43-12+,51-49+. The first kappa shape index (κ1) is 74.0. The minimum Gasteiger partial charge on any atom is -0.394 e. The van der Waals surface area contributed by atoms with Crippen molar-refractivity contribution in [3.63, 3.8) is 0 Å². The number of nitrogens with one attached hydrogen (secondary N) is 1. The van der Waals surface area contributed by atoms with E-state index in [4.69, 9.17) is 18.9 Å². The predicted molar refractivity (Wildman–Crippen MR) is 331 cm³/mol. The first-order valence-corrected chi connectivity index (χ1v) is 31.1. The monoisotopic (exact) mass is 1150 g/mol. The molecule has 82 heavy (non-hydrogen) atoms. The Morgan fingerprint density at radius 2 is 0.854 bits per heavy atom. The lowest BCUT2D eigenvalue weighted by Gasteiger charge is -2.46. The van der Waals surface area contributed by atoms with Crippen molar-refractivity contribution in [2.45, 2.75) is 254 Å². The van der Waals surface area contributed by atoms with Crippen LogP contribution in [-0.2, 0) is 23.7 Å². The molecule has 0 aromatic rings. The summed E-state index contributed by atoms with van der Waals surface area (Å²) in [5.74, 6) is -0.268. The minimum atomic E-state index is -1.80. The van der Waals surface area contributed by atoms with Gasteiger partial charge < -0.3 is 65.1 Å². The van der Waals surface area contributed by atoms with Crippen LogP contribution >= 0.6 is 0 Å². The van der Waals surface area contributed by atoms with Gasteiger partial charge in [0.2, 0.25) is 5.91 Å². The molecule has 9 N–H and O–H groups in total. The summed E-state index contributed by atoms with van der Waals surface area (Å²) in [6.45, 7) is 2.56. The Balaban J connectivity index is 1.61. The average molecular weight is 1150 g/mol. The van der Waals surface area contributed by atoms with Crippen LogP contribution in [0.25, 0.3) is 0 Å². The van der Waals surface area contributed by atoms with Crippen LogP contribution in [0, 0.1) is 0 Å². The molecule has 464 valence electrons. The minimum absolute atomic E-state index is 0.253. The fraction of sp³-hybridized carbons (Fsp3) is 0.632. The van der Waals surface area contributed by atoms with E-state index in [9.17, 15) is 45.6 Å². The molecule has 2 heterocycles. The summed E-state index contributed by atoms with van der Waals surface area (Å²) in [4.78, 5) is 13.2. The summed E-state index contributed by atoms with van der Waals surface area (Å²) >= 11 is 0. The lowest BCUT2D eigenvalue weighted by Crippen LogP contribution is -2.65. The third kappa shape index (κ3) is 35.9. The van der Waals surface area contributed by atoms with Gasteiger partial charge in [-0.15, -0.1) is 0 Å². The topological polar surface area (TPSA) is 228 Å². The molecule has 12 unspecified atom stereocenters. The van der Waals surface area contributed by atoms with Gasteiger partial charge in [0.1, 0.15) is 48.8 Å². The van der Waals surface area contributed by atoms with Gasteiger partial charge in [0, 0.05) is 6.42 Å². The van der Waals surface area contributed by atoms with Crippen LogP contribution in [0.5, 0.6) is 0 Å². The predicted octanol–water partition coefficient (Wildman–Crippen LogP) is 11.3. The number of ether oxygens (including phenoxy) is 4. The summed E-state index contributed by atoms with van der Waals surface area (Å²) in [6.07, 6.45) is 60.7. The Bertz CT molecular complexity index is 1930. The van der Waals surface area contributed by atoms with Crippen LogP contribution < -0.4 is 5.32 Å². The molecule has 0 aromatic heterocycles. The molecule has 0 saturated carbocycles. The summed E-state index contributed by atoms with van der Waals surface area (Å²) in [7, 11) is 0. The average Bonchev–Trinajstić information content (AvgIpc) is 3.38. The van der Waals surface area contributed by atoms with Crippen molar-refractivity contribution in [1.82, 2.24) is 5.32 Å². The maximum absolute atomic E-state index is 13.2. The molecule has 2 saturated heterocycles. The van der Waals surface area contributed by atoms with Gasteiger partial charge in [0.15, 0.2) is 12.6 Å². The zero-order valence-electron chi connectivity index (χ0n) is 49.9. The summed E-state index contributed by atoms with van der Waals surface area (Å²) < 4.78 is 22.7. The molecule has 0 aromatic carbocycles. The van der Waals surface area contributed by atoms with Crippen LogP contribution in [0.4, 0.5) is 0 Å². The van der Waals surface area contributed by atoms with Crippen LogP contribution in [0.15, 0.2) is 146 Å². The number of aliphatic hydroxyl groups is 8. The Morgan fingerprint density at radius 3 is 1.34 bits per heavy atom. The molecule has 14 nitrogen and oxygen atoms in total. The van der Waals surface area contributed by atoms with Gasteiger partial charge >= 0.3 is 0 Å². The first-order valence-electron chi connectivity index (χ1n) is 31.1. The maximum atomic E-state index is 13.2. The van der Waals surface area contributed by atoms with E-state index >= 15 is 0 Å². The number of aliphatic hydroxyl groups excluding tert-OH is 8. The summed E-state index contributed by atoms with van der Waals surface area (Å²) in [5, 5.41) is 86.8. The molecule has 12 atom stereocenters. The molecule has 0 bridgehead atoms.